The highest BCUT2D eigenvalue weighted by Gasteiger charge is 2.31. The summed E-state index contributed by atoms with van der Waals surface area (Å²) in [6, 6.07) is 10.2. The summed E-state index contributed by atoms with van der Waals surface area (Å²) in [7, 11) is 0. The van der Waals surface area contributed by atoms with Gasteiger partial charge in [0.25, 0.3) is 0 Å². The molecule has 1 aliphatic carbocycles. The minimum atomic E-state index is -4.23. The average Bonchev–Trinajstić information content (AvgIpc) is 2.44. The second-order valence-corrected chi connectivity index (χ2v) is 5.28. The van der Waals surface area contributed by atoms with Crippen LogP contribution in [0.5, 0.6) is 0 Å². The topological polar surface area (TPSA) is 21.3 Å². The molecule has 0 aliphatic heterocycles. The molecule has 1 aromatic carbocycles. The van der Waals surface area contributed by atoms with Crippen molar-refractivity contribution in [3.8, 4) is 0 Å². The number of nitrogens with one attached hydrogen (secondary N) is 1. The van der Waals surface area contributed by atoms with E-state index in [-0.39, 0.29) is 12.1 Å². The van der Waals surface area contributed by atoms with Gasteiger partial charge < -0.3 is 10.1 Å². The third kappa shape index (κ3) is 5.51. The van der Waals surface area contributed by atoms with Gasteiger partial charge in [-0.15, -0.1) is 0 Å². The van der Waals surface area contributed by atoms with E-state index in [1.165, 1.54) is 5.56 Å². The fraction of sp³-hybridized carbons (Fsp3) is 0.600. The first kappa shape index (κ1) is 15.3. The van der Waals surface area contributed by atoms with Crippen LogP contribution in [0.15, 0.2) is 30.3 Å². The van der Waals surface area contributed by atoms with Crippen molar-refractivity contribution in [2.24, 2.45) is 0 Å². The third-order valence-electron chi connectivity index (χ3n) is 3.55. The number of hydrogen-bond donors (Lipinski definition) is 1. The second kappa shape index (κ2) is 7.09. The van der Waals surface area contributed by atoms with E-state index in [2.05, 4.69) is 5.32 Å². The van der Waals surface area contributed by atoms with Gasteiger partial charge in [-0.2, -0.15) is 13.2 Å². The predicted octanol–water partition coefficient (Wildman–Crippen LogP) is 3.67. The molecule has 0 heterocycles. The molecule has 112 valence electrons. The van der Waals surface area contributed by atoms with E-state index in [1.807, 2.05) is 30.3 Å². The van der Waals surface area contributed by atoms with E-state index in [4.69, 9.17) is 4.74 Å². The molecule has 5 heteroatoms. The minimum Gasteiger partial charge on any atom is -0.369 e. The fourth-order valence-corrected chi connectivity index (χ4v) is 2.55. The Morgan fingerprint density at radius 3 is 2.60 bits per heavy atom. The molecule has 1 aromatic rings. The number of benzene rings is 1. The number of alkyl halides is 3. The maximum absolute atomic E-state index is 12.1. The predicted molar refractivity (Wildman–Crippen MR) is 71.3 cm³/mol. The number of hydrogen-bond acceptors (Lipinski definition) is 2. The number of halogens is 3. The first-order valence-corrected chi connectivity index (χ1v) is 6.98. The van der Waals surface area contributed by atoms with E-state index < -0.39 is 12.8 Å². The first-order chi connectivity index (χ1) is 9.53. The molecule has 1 saturated carbocycles. The minimum absolute atomic E-state index is 0.238. The molecule has 2 rings (SSSR count). The van der Waals surface area contributed by atoms with Crippen LogP contribution in [0.25, 0.3) is 0 Å². The van der Waals surface area contributed by atoms with Crippen LogP contribution < -0.4 is 5.32 Å². The summed E-state index contributed by atoms with van der Waals surface area (Å²) < 4.78 is 41.4. The zero-order valence-electron chi connectivity index (χ0n) is 11.3. The highest BCUT2D eigenvalue weighted by Crippen LogP contribution is 2.24. The molecule has 0 radical (unpaired) electrons. The smallest absolute Gasteiger partial charge is 0.369 e. The molecule has 1 N–H and O–H groups in total. The van der Waals surface area contributed by atoms with Crippen molar-refractivity contribution in [3.05, 3.63) is 35.9 Å². The van der Waals surface area contributed by atoms with Gasteiger partial charge in [0.15, 0.2) is 0 Å². The van der Waals surface area contributed by atoms with Gasteiger partial charge in [-0.25, -0.2) is 0 Å². The lowest BCUT2D eigenvalue weighted by Gasteiger charge is -2.30. The molecular formula is C15H20F3NO. The monoisotopic (exact) mass is 287 g/mol. The molecule has 1 fully saturated rings. The van der Waals surface area contributed by atoms with Crippen LogP contribution >= 0.6 is 0 Å². The first-order valence-electron chi connectivity index (χ1n) is 6.98. The van der Waals surface area contributed by atoms with Gasteiger partial charge in [0.2, 0.25) is 0 Å². The summed E-state index contributed by atoms with van der Waals surface area (Å²) in [5.41, 5.74) is 1.19. The Morgan fingerprint density at radius 2 is 1.90 bits per heavy atom. The van der Waals surface area contributed by atoms with Gasteiger partial charge in [-0.1, -0.05) is 30.3 Å². The van der Waals surface area contributed by atoms with Gasteiger partial charge in [0.05, 0.1) is 6.10 Å². The molecule has 0 saturated heterocycles. The summed E-state index contributed by atoms with van der Waals surface area (Å²) in [4.78, 5) is 0. The van der Waals surface area contributed by atoms with E-state index in [0.717, 1.165) is 25.8 Å². The van der Waals surface area contributed by atoms with Crippen molar-refractivity contribution >= 4 is 0 Å². The van der Waals surface area contributed by atoms with Crippen molar-refractivity contribution in [1.82, 2.24) is 5.32 Å². The van der Waals surface area contributed by atoms with E-state index in [1.54, 1.807) is 0 Å². The van der Waals surface area contributed by atoms with Gasteiger partial charge in [-0.05, 0) is 31.2 Å². The third-order valence-corrected chi connectivity index (χ3v) is 3.55. The van der Waals surface area contributed by atoms with Crippen LogP contribution in [0.4, 0.5) is 13.2 Å². The molecule has 1 aliphatic rings. The lowest BCUT2D eigenvalue weighted by Crippen LogP contribution is -2.37. The average molecular weight is 287 g/mol. The second-order valence-electron chi connectivity index (χ2n) is 5.28. The van der Waals surface area contributed by atoms with Crippen molar-refractivity contribution in [3.63, 3.8) is 0 Å². The molecule has 0 amide bonds. The molecule has 0 spiro atoms. The van der Waals surface area contributed by atoms with Gasteiger partial charge in [0.1, 0.15) is 6.61 Å². The van der Waals surface area contributed by atoms with Gasteiger partial charge >= 0.3 is 6.18 Å². The highest BCUT2D eigenvalue weighted by atomic mass is 19.4. The van der Waals surface area contributed by atoms with Crippen LogP contribution in [0, 0.1) is 0 Å². The Labute approximate surface area is 117 Å². The van der Waals surface area contributed by atoms with Crippen LogP contribution in [0.1, 0.15) is 31.2 Å². The molecule has 20 heavy (non-hydrogen) atoms. The van der Waals surface area contributed by atoms with E-state index in [0.29, 0.717) is 6.42 Å². The Kier molecular flexibility index (Phi) is 5.43. The highest BCUT2D eigenvalue weighted by molar-refractivity contribution is 5.14. The Morgan fingerprint density at radius 1 is 1.15 bits per heavy atom. The summed E-state index contributed by atoms with van der Waals surface area (Å²) in [5, 5.41) is 3.40. The van der Waals surface area contributed by atoms with Gasteiger partial charge in [0, 0.05) is 12.6 Å². The Hall–Kier alpha value is -1.07. The quantitative estimate of drug-likeness (QED) is 0.892. The molecular weight excluding hydrogens is 267 g/mol. The lowest BCUT2D eigenvalue weighted by atomic mass is 9.92. The van der Waals surface area contributed by atoms with Crippen LogP contribution in [-0.4, -0.2) is 24.9 Å². The van der Waals surface area contributed by atoms with Crippen LogP contribution in [0.2, 0.25) is 0 Å². The molecule has 0 bridgehead atoms. The molecule has 2 unspecified atom stereocenters. The van der Waals surface area contributed by atoms with E-state index >= 15 is 0 Å². The summed E-state index contributed by atoms with van der Waals surface area (Å²) in [5.74, 6) is 0. The summed E-state index contributed by atoms with van der Waals surface area (Å²) in [6.45, 7) is -0.388. The summed E-state index contributed by atoms with van der Waals surface area (Å²) in [6.07, 6.45) is -1.22. The Bertz CT molecular complexity index is 394. The Balaban J connectivity index is 1.73. The number of ether oxygens (including phenoxy) is 1. The van der Waals surface area contributed by atoms with Crippen LogP contribution in [0.3, 0.4) is 0 Å². The normalized spacial score (nSPS) is 23.8. The number of rotatable bonds is 5. The maximum Gasteiger partial charge on any atom is 0.411 e. The SMILES string of the molecule is FC(F)(F)COC1CCCC(NCc2ccccc2)C1. The largest absolute Gasteiger partial charge is 0.411 e. The standard InChI is InChI=1S/C15H20F3NO/c16-15(17,18)11-20-14-8-4-7-13(9-14)19-10-12-5-2-1-3-6-12/h1-3,5-6,13-14,19H,4,7-11H2. The lowest BCUT2D eigenvalue weighted by molar-refractivity contribution is -0.188. The van der Waals surface area contributed by atoms with Crippen molar-refractivity contribution in [1.29, 1.82) is 0 Å². The molecule has 0 aromatic heterocycles. The van der Waals surface area contributed by atoms with E-state index in [9.17, 15) is 13.2 Å². The molecule has 2 nitrogen and oxygen atoms in total. The van der Waals surface area contributed by atoms with Gasteiger partial charge in [-0.3, -0.25) is 0 Å². The molecule has 2 atom stereocenters. The van der Waals surface area contributed by atoms with Crippen molar-refractivity contribution in [2.75, 3.05) is 6.61 Å². The van der Waals surface area contributed by atoms with Crippen LogP contribution in [-0.2, 0) is 11.3 Å². The fourth-order valence-electron chi connectivity index (χ4n) is 2.55. The van der Waals surface area contributed by atoms with Crippen molar-refractivity contribution < 1.29 is 17.9 Å². The zero-order chi connectivity index (χ0) is 14.4. The zero-order valence-corrected chi connectivity index (χ0v) is 11.3. The maximum atomic E-state index is 12.1. The summed E-state index contributed by atoms with van der Waals surface area (Å²) >= 11 is 0. The van der Waals surface area contributed by atoms with Crippen molar-refractivity contribution in [2.45, 2.75) is 50.6 Å².